The Morgan fingerprint density at radius 2 is 1.53 bits per heavy atom. The normalized spacial score (nSPS) is 13.8. The molecule has 0 fully saturated rings. The van der Waals surface area contributed by atoms with E-state index in [1.807, 2.05) is 25.1 Å². The van der Waals surface area contributed by atoms with Gasteiger partial charge in [0.25, 0.3) is 8.32 Å². The molecule has 0 spiro atoms. The average molecular weight is 451 g/mol. The van der Waals surface area contributed by atoms with Crippen molar-refractivity contribution in [3.63, 3.8) is 0 Å². The summed E-state index contributed by atoms with van der Waals surface area (Å²) in [5.74, 6) is -0.251. The van der Waals surface area contributed by atoms with Crippen LogP contribution in [-0.4, -0.2) is 26.5 Å². The standard InChI is InChI=1S/C28H38O3Si/c1-7-9-12-17-23(3)30-27(29)22-24(8-2)31-32(28(4,5)6,25-18-13-10-14-19-25)26-20-15-11-16-21-26/h7-8,10-11,13-16,18-21,23-24H,1-2,9,12,17,22H2,3-6H3/t23-,24-/m1/s1. The molecule has 4 heteroatoms. The van der Waals surface area contributed by atoms with Crippen LogP contribution in [0.1, 0.15) is 53.4 Å². The molecule has 0 aromatic heterocycles. The Morgan fingerprint density at radius 3 is 1.97 bits per heavy atom. The van der Waals surface area contributed by atoms with E-state index in [2.05, 4.69) is 82.5 Å². The van der Waals surface area contributed by atoms with Crippen molar-refractivity contribution in [1.82, 2.24) is 0 Å². The molecule has 0 aliphatic heterocycles. The van der Waals surface area contributed by atoms with Crippen LogP contribution in [0, 0.1) is 0 Å². The van der Waals surface area contributed by atoms with E-state index in [-0.39, 0.29) is 23.5 Å². The molecule has 32 heavy (non-hydrogen) atoms. The number of rotatable bonds is 12. The van der Waals surface area contributed by atoms with E-state index >= 15 is 0 Å². The van der Waals surface area contributed by atoms with Crippen LogP contribution >= 0.6 is 0 Å². The van der Waals surface area contributed by atoms with E-state index in [4.69, 9.17) is 9.16 Å². The lowest BCUT2D eigenvalue weighted by Crippen LogP contribution is -2.67. The van der Waals surface area contributed by atoms with Crippen molar-refractivity contribution in [3.05, 3.63) is 86.0 Å². The second-order valence-corrected chi connectivity index (χ2v) is 13.5. The lowest BCUT2D eigenvalue weighted by atomic mass is 10.1. The lowest BCUT2D eigenvalue weighted by Gasteiger charge is -2.44. The molecule has 0 N–H and O–H groups in total. The highest BCUT2D eigenvalue weighted by atomic mass is 28.4. The Balaban J connectivity index is 2.33. The van der Waals surface area contributed by atoms with E-state index in [1.165, 1.54) is 10.4 Å². The first-order valence-electron chi connectivity index (χ1n) is 11.5. The molecule has 2 atom stereocenters. The highest BCUT2D eigenvalue weighted by molar-refractivity contribution is 6.99. The van der Waals surface area contributed by atoms with Crippen molar-refractivity contribution in [2.45, 2.75) is 70.6 Å². The highest BCUT2D eigenvalue weighted by Gasteiger charge is 2.51. The van der Waals surface area contributed by atoms with Crippen molar-refractivity contribution in [3.8, 4) is 0 Å². The van der Waals surface area contributed by atoms with Gasteiger partial charge in [0.2, 0.25) is 0 Å². The molecule has 2 rings (SSSR count). The number of carbonyl (C=O) groups excluding carboxylic acids is 1. The van der Waals surface area contributed by atoms with Gasteiger partial charge in [-0.05, 0) is 41.6 Å². The van der Waals surface area contributed by atoms with Gasteiger partial charge in [0.1, 0.15) is 0 Å². The van der Waals surface area contributed by atoms with Crippen LogP contribution in [0.3, 0.4) is 0 Å². The minimum atomic E-state index is -2.76. The quantitative estimate of drug-likeness (QED) is 0.178. The fraction of sp³-hybridized carbons (Fsp3) is 0.393. The second-order valence-electron chi connectivity index (χ2n) is 9.28. The van der Waals surface area contributed by atoms with Crippen LogP contribution in [0.5, 0.6) is 0 Å². The van der Waals surface area contributed by atoms with Gasteiger partial charge in [-0.2, -0.15) is 0 Å². The van der Waals surface area contributed by atoms with E-state index in [0.29, 0.717) is 0 Å². The van der Waals surface area contributed by atoms with Gasteiger partial charge >= 0.3 is 5.97 Å². The largest absolute Gasteiger partial charge is 0.463 e. The predicted octanol–water partition coefficient (Wildman–Crippen LogP) is 5.80. The molecule has 0 saturated carbocycles. The van der Waals surface area contributed by atoms with Crippen molar-refractivity contribution >= 4 is 24.7 Å². The second kappa shape index (κ2) is 12.0. The van der Waals surface area contributed by atoms with Gasteiger partial charge in [-0.25, -0.2) is 0 Å². The van der Waals surface area contributed by atoms with Crippen LogP contribution in [-0.2, 0) is 14.0 Å². The van der Waals surface area contributed by atoms with Crippen LogP contribution in [0.15, 0.2) is 86.0 Å². The van der Waals surface area contributed by atoms with Gasteiger partial charge < -0.3 is 9.16 Å². The van der Waals surface area contributed by atoms with Crippen LogP contribution in [0.2, 0.25) is 5.04 Å². The molecule has 0 saturated heterocycles. The molecule has 0 amide bonds. The van der Waals surface area contributed by atoms with Gasteiger partial charge in [-0.15, -0.1) is 13.2 Å². The number of unbranched alkanes of at least 4 members (excludes halogenated alkanes) is 1. The summed E-state index contributed by atoms with van der Waals surface area (Å²) in [5, 5.41) is 2.19. The van der Waals surface area contributed by atoms with Crippen molar-refractivity contribution < 1.29 is 14.0 Å². The SMILES string of the molecule is C=CCCC[C@@H](C)OC(=O)C[C@@H](C=C)O[Si](c1ccccc1)(c1ccccc1)C(C)(C)C. The molecule has 3 nitrogen and oxygen atoms in total. The third-order valence-electron chi connectivity index (χ3n) is 5.73. The summed E-state index contributed by atoms with van der Waals surface area (Å²) in [4.78, 5) is 12.7. The summed E-state index contributed by atoms with van der Waals surface area (Å²) in [7, 11) is -2.76. The maximum absolute atomic E-state index is 12.7. The first-order chi connectivity index (χ1) is 15.2. The number of carbonyl (C=O) groups is 1. The Hall–Kier alpha value is -2.43. The third-order valence-corrected chi connectivity index (χ3v) is 10.8. The van der Waals surface area contributed by atoms with Gasteiger partial charge in [-0.3, -0.25) is 4.79 Å². The highest BCUT2D eigenvalue weighted by Crippen LogP contribution is 2.38. The summed E-state index contributed by atoms with van der Waals surface area (Å²) in [6, 6.07) is 20.8. The third kappa shape index (κ3) is 6.53. The smallest absolute Gasteiger partial charge is 0.308 e. The summed E-state index contributed by atoms with van der Waals surface area (Å²) < 4.78 is 12.6. The maximum atomic E-state index is 12.7. The number of hydrogen-bond donors (Lipinski definition) is 0. The number of esters is 1. The molecule has 0 aliphatic rings. The van der Waals surface area contributed by atoms with E-state index < -0.39 is 14.4 Å². The fourth-order valence-electron chi connectivity index (χ4n) is 4.14. The summed E-state index contributed by atoms with van der Waals surface area (Å²) in [6.45, 7) is 16.3. The summed E-state index contributed by atoms with van der Waals surface area (Å²) in [6.07, 6.45) is 5.93. The number of hydrogen-bond acceptors (Lipinski definition) is 3. The monoisotopic (exact) mass is 450 g/mol. The summed E-state index contributed by atoms with van der Waals surface area (Å²) in [5.41, 5.74) is 0. The first kappa shape index (κ1) is 25.8. The molecular formula is C28H38O3Si. The van der Waals surface area contributed by atoms with Gasteiger partial charge in [-0.1, -0.05) is 93.6 Å². The topological polar surface area (TPSA) is 35.5 Å². The van der Waals surface area contributed by atoms with Gasteiger partial charge in [0.15, 0.2) is 0 Å². The molecule has 0 bridgehead atoms. The molecule has 0 unspecified atom stereocenters. The fourth-order valence-corrected chi connectivity index (χ4v) is 8.79. The molecule has 2 aromatic carbocycles. The average Bonchev–Trinajstić information content (AvgIpc) is 2.77. The molecule has 0 aliphatic carbocycles. The Bertz CT molecular complexity index is 816. The van der Waals surface area contributed by atoms with Crippen molar-refractivity contribution in [1.29, 1.82) is 0 Å². The van der Waals surface area contributed by atoms with Gasteiger partial charge in [0, 0.05) is 0 Å². The van der Waals surface area contributed by atoms with Crippen LogP contribution in [0.4, 0.5) is 0 Å². The zero-order valence-electron chi connectivity index (χ0n) is 20.1. The number of benzene rings is 2. The Morgan fingerprint density at radius 1 is 1.00 bits per heavy atom. The van der Waals surface area contributed by atoms with E-state index in [1.54, 1.807) is 6.08 Å². The van der Waals surface area contributed by atoms with E-state index in [0.717, 1.165) is 19.3 Å². The first-order valence-corrected chi connectivity index (χ1v) is 13.4. The molecule has 0 heterocycles. The van der Waals surface area contributed by atoms with Crippen LogP contribution in [0.25, 0.3) is 0 Å². The van der Waals surface area contributed by atoms with Gasteiger partial charge in [0.05, 0.1) is 18.6 Å². The maximum Gasteiger partial charge on any atom is 0.308 e. The van der Waals surface area contributed by atoms with E-state index in [9.17, 15) is 4.79 Å². The van der Waals surface area contributed by atoms with Crippen molar-refractivity contribution in [2.24, 2.45) is 0 Å². The van der Waals surface area contributed by atoms with Crippen LogP contribution < -0.4 is 10.4 Å². The minimum absolute atomic E-state index is 0.124. The number of allylic oxidation sites excluding steroid dienone is 1. The molecule has 0 radical (unpaired) electrons. The number of ether oxygens (including phenoxy) is 1. The lowest BCUT2D eigenvalue weighted by molar-refractivity contribution is -0.149. The Kier molecular flexibility index (Phi) is 9.67. The zero-order valence-corrected chi connectivity index (χ0v) is 21.1. The van der Waals surface area contributed by atoms with Crippen molar-refractivity contribution in [2.75, 3.05) is 0 Å². The minimum Gasteiger partial charge on any atom is -0.463 e. The zero-order chi connectivity index (χ0) is 23.6. The molecule has 2 aromatic rings. The molecular weight excluding hydrogens is 412 g/mol. The predicted molar refractivity (Wildman–Crippen MR) is 137 cm³/mol. The molecule has 172 valence electrons. The summed E-state index contributed by atoms with van der Waals surface area (Å²) >= 11 is 0. The Labute approximate surface area is 195 Å².